The normalized spacial score (nSPS) is 12.2. The summed E-state index contributed by atoms with van der Waals surface area (Å²) >= 11 is 5.81. The lowest BCUT2D eigenvalue weighted by atomic mass is 10.1. The van der Waals surface area contributed by atoms with E-state index in [0.29, 0.717) is 10.8 Å². The molecule has 1 aromatic heterocycles. The monoisotopic (exact) mass is 324 g/mol. The minimum absolute atomic E-state index is 0.204. The molecule has 2 N–H and O–H groups in total. The van der Waals surface area contributed by atoms with Crippen molar-refractivity contribution in [1.29, 1.82) is 0 Å². The topological polar surface area (TPSA) is 89.2 Å². The number of benzene rings is 1. The first-order valence-corrected chi connectivity index (χ1v) is 7.06. The number of carbonyl (C=O) groups excluding carboxylic acids is 1. The van der Waals surface area contributed by atoms with Crippen LogP contribution in [0, 0.1) is 6.92 Å². The molecule has 0 saturated heterocycles. The van der Waals surface area contributed by atoms with Gasteiger partial charge in [0.25, 0.3) is 0 Å². The van der Waals surface area contributed by atoms with Crippen LogP contribution in [0.3, 0.4) is 0 Å². The van der Waals surface area contributed by atoms with E-state index < -0.39 is 11.9 Å². The fourth-order valence-electron chi connectivity index (χ4n) is 2.00. The number of halogens is 1. The number of aliphatic hydroxyl groups is 1. The molecule has 1 atom stereocenters. The van der Waals surface area contributed by atoms with E-state index in [1.165, 1.54) is 4.57 Å². The lowest BCUT2D eigenvalue weighted by Gasteiger charge is -2.16. The standard InChI is InChI=1S/C14H17ClN4O3/c1-9-17-19(14(22)18(9)2)7-13(21)16-12(8-20)10-3-5-11(15)6-4-10/h3-6,12,20H,7-8H2,1-2H3,(H,16,21). The Bertz CT molecular complexity index is 721. The number of carbonyl (C=O) groups is 1. The third kappa shape index (κ3) is 3.55. The zero-order valence-corrected chi connectivity index (χ0v) is 13.0. The van der Waals surface area contributed by atoms with Crippen molar-refractivity contribution < 1.29 is 9.90 Å². The summed E-state index contributed by atoms with van der Waals surface area (Å²) in [6.07, 6.45) is 0. The van der Waals surface area contributed by atoms with Crippen molar-refractivity contribution in [3.8, 4) is 0 Å². The number of hydrogen-bond acceptors (Lipinski definition) is 4. The summed E-state index contributed by atoms with van der Waals surface area (Å²) in [6.45, 7) is 1.22. The molecule has 2 rings (SSSR count). The van der Waals surface area contributed by atoms with Crippen LogP contribution in [0.15, 0.2) is 29.1 Å². The quantitative estimate of drug-likeness (QED) is 0.833. The molecule has 8 heteroatoms. The van der Waals surface area contributed by atoms with Crippen LogP contribution in [0.5, 0.6) is 0 Å². The summed E-state index contributed by atoms with van der Waals surface area (Å²) in [6, 6.07) is 6.24. The van der Waals surface area contributed by atoms with Gasteiger partial charge in [0.1, 0.15) is 12.4 Å². The molecule has 0 fully saturated rings. The maximum absolute atomic E-state index is 12.0. The highest BCUT2D eigenvalue weighted by molar-refractivity contribution is 6.30. The predicted octanol–water partition coefficient (Wildman–Crippen LogP) is 0.393. The minimum atomic E-state index is -0.565. The Morgan fingerprint density at radius 3 is 2.55 bits per heavy atom. The number of nitrogens with zero attached hydrogens (tertiary/aromatic N) is 3. The Hall–Kier alpha value is -2.12. The summed E-state index contributed by atoms with van der Waals surface area (Å²) in [5, 5.41) is 16.7. The number of rotatable bonds is 5. The number of hydrogen-bond donors (Lipinski definition) is 2. The molecule has 1 aromatic carbocycles. The molecule has 0 radical (unpaired) electrons. The van der Waals surface area contributed by atoms with Crippen molar-refractivity contribution in [3.05, 3.63) is 51.2 Å². The van der Waals surface area contributed by atoms with Crippen LogP contribution >= 0.6 is 11.6 Å². The van der Waals surface area contributed by atoms with Crippen LogP contribution < -0.4 is 11.0 Å². The van der Waals surface area contributed by atoms with E-state index in [9.17, 15) is 14.7 Å². The van der Waals surface area contributed by atoms with Gasteiger partial charge in [0.05, 0.1) is 12.6 Å². The molecule has 1 amide bonds. The second-order valence-electron chi connectivity index (χ2n) is 4.90. The molecule has 22 heavy (non-hydrogen) atoms. The van der Waals surface area contributed by atoms with E-state index in [1.807, 2.05) is 0 Å². The van der Waals surface area contributed by atoms with Crippen LogP contribution in [0.2, 0.25) is 5.02 Å². The Morgan fingerprint density at radius 1 is 1.41 bits per heavy atom. The fraction of sp³-hybridized carbons (Fsp3) is 0.357. The van der Waals surface area contributed by atoms with Crippen LogP contribution in [0.4, 0.5) is 0 Å². The highest BCUT2D eigenvalue weighted by Crippen LogP contribution is 2.16. The van der Waals surface area contributed by atoms with Gasteiger partial charge in [-0.3, -0.25) is 9.36 Å². The average molecular weight is 325 g/mol. The van der Waals surface area contributed by atoms with Gasteiger partial charge in [-0.2, -0.15) is 5.10 Å². The van der Waals surface area contributed by atoms with Gasteiger partial charge >= 0.3 is 5.69 Å². The molecule has 118 valence electrons. The molecule has 7 nitrogen and oxygen atoms in total. The van der Waals surface area contributed by atoms with Gasteiger partial charge in [-0.05, 0) is 24.6 Å². The van der Waals surface area contributed by atoms with E-state index in [2.05, 4.69) is 10.4 Å². The van der Waals surface area contributed by atoms with E-state index in [4.69, 9.17) is 11.6 Å². The Kier molecular flexibility index (Phi) is 4.99. The molecule has 0 bridgehead atoms. The van der Waals surface area contributed by atoms with Gasteiger partial charge in [-0.25, -0.2) is 9.48 Å². The van der Waals surface area contributed by atoms with Crippen LogP contribution in [0.25, 0.3) is 0 Å². The summed E-state index contributed by atoms with van der Waals surface area (Å²) in [5.74, 6) is 0.114. The summed E-state index contributed by atoms with van der Waals surface area (Å²) < 4.78 is 2.44. The molecule has 0 aliphatic rings. The molecule has 0 aliphatic heterocycles. The fourth-order valence-corrected chi connectivity index (χ4v) is 2.13. The lowest BCUT2D eigenvalue weighted by molar-refractivity contribution is -0.123. The average Bonchev–Trinajstić information content (AvgIpc) is 2.73. The molecule has 1 heterocycles. The minimum Gasteiger partial charge on any atom is -0.394 e. The van der Waals surface area contributed by atoms with E-state index in [1.54, 1.807) is 38.2 Å². The van der Waals surface area contributed by atoms with Crippen molar-refractivity contribution in [2.75, 3.05) is 6.61 Å². The largest absolute Gasteiger partial charge is 0.394 e. The maximum Gasteiger partial charge on any atom is 0.346 e. The molecular weight excluding hydrogens is 308 g/mol. The lowest BCUT2D eigenvalue weighted by Crippen LogP contribution is -2.36. The number of aromatic nitrogens is 3. The molecule has 0 aliphatic carbocycles. The number of amides is 1. The predicted molar refractivity (Wildman–Crippen MR) is 81.6 cm³/mol. The molecule has 2 aromatic rings. The van der Waals surface area contributed by atoms with Crippen molar-refractivity contribution in [3.63, 3.8) is 0 Å². The second-order valence-corrected chi connectivity index (χ2v) is 5.34. The number of aliphatic hydroxyl groups excluding tert-OH is 1. The number of aryl methyl sites for hydroxylation is 1. The zero-order chi connectivity index (χ0) is 16.3. The first-order valence-electron chi connectivity index (χ1n) is 6.68. The van der Waals surface area contributed by atoms with E-state index in [0.717, 1.165) is 10.2 Å². The Balaban J connectivity index is 2.08. The van der Waals surface area contributed by atoms with Crippen molar-refractivity contribution in [2.45, 2.75) is 19.5 Å². The smallest absolute Gasteiger partial charge is 0.346 e. The third-order valence-corrected chi connectivity index (χ3v) is 3.59. The molecule has 1 unspecified atom stereocenters. The number of nitrogens with one attached hydrogen (secondary N) is 1. The van der Waals surface area contributed by atoms with Crippen LogP contribution in [-0.2, 0) is 18.4 Å². The van der Waals surface area contributed by atoms with Gasteiger partial charge in [0.2, 0.25) is 5.91 Å². The highest BCUT2D eigenvalue weighted by Gasteiger charge is 2.16. The van der Waals surface area contributed by atoms with Gasteiger partial charge in [0, 0.05) is 12.1 Å². The second kappa shape index (κ2) is 6.76. The summed E-state index contributed by atoms with van der Waals surface area (Å²) in [7, 11) is 1.59. The van der Waals surface area contributed by atoms with Crippen molar-refractivity contribution in [2.24, 2.45) is 7.05 Å². The van der Waals surface area contributed by atoms with E-state index in [-0.39, 0.29) is 18.8 Å². The van der Waals surface area contributed by atoms with Crippen molar-refractivity contribution in [1.82, 2.24) is 19.7 Å². The van der Waals surface area contributed by atoms with Gasteiger partial charge in [0.15, 0.2) is 0 Å². The van der Waals surface area contributed by atoms with Gasteiger partial charge < -0.3 is 10.4 Å². The molecule has 0 spiro atoms. The Labute approximate surface area is 132 Å². The third-order valence-electron chi connectivity index (χ3n) is 3.34. The molecular formula is C14H17ClN4O3. The zero-order valence-electron chi connectivity index (χ0n) is 12.3. The Morgan fingerprint density at radius 2 is 2.05 bits per heavy atom. The van der Waals surface area contributed by atoms with Crippen LogP contribution in [0.1, 0.15) is 17.4 Å². The summed E-state index contributed by atoms with van der Waals surface area (Å²) in [4.78, 5) is 23.8. The van der Waals surface area contributed by atoms with Crippen LogP contribution in [-0.4, -0.2) is 32.0 Å². The SMILES string of the molecule is Cc1nn(CC(=O)NC(CO)c2ccc(Cl)cc2)c(=O)n1C. The highest BCUT2D eigenvalue weighted by atomic mass is 35.5. The van der Waals surface area contributed by atoms with Gasteiger partial charge in [-0.15, -0.1) is 0 Å². The molecule has 0 saturated carbocycles. The first-order chi connectivity index (χ1) is 10.4. The summed E-state index contributed by atoms with van der Waals surface area (Å²) in [5.41, 5.74) is 0.365. The van der Waals surface area contributed by atoms with Crippen molar-refractivity contribution >= 4 is 17.5 Å². The first kappa shape index (κ1) is 16.3. The maximum atomic E-state index is 12.0. The van der Waals surface area contributed by atoms with Gasteiger partial charge in [-0.1, -0.05) is 23.7 Å². The van der Waals surface area contributed by atoms with E-state index >= 15 is 0 Å².